The van der Waals surface area contributed by atoms with Gasteiger partial charge in [0.15, 0.2) is 5.69 Å². The number of nitrogens with zero attached hydrogens (tertiary/aromatic N) is 1. The summed E-state index contributed by atoms with van der Waals surface area (Å²) in [6.07, 6.45) is 1.62. The molecular weight excluding hydrogens is 306 g/mol. The number of aromatic nitrogens is 2. The Kier molecular flexibility index (Phi) is 6.12. The Hall–Kier alpha value is -2.63. The number of rotatable bonds is 7. The Balaban J connectivity index is 1.96. The van der Waals surface area contributed by atoms with Crippen molar-refractivity contribution in [1.82, 2.24) is 10.2 Å². The highest BCUT2D eigenvalue weighted by molar-refractivity contribution is 6.03. The molecule has 128 valence electrons. The molecule has 2 aromatic rings. The summed E-state index contributed by atoms with van der Waals surface area (Å²) in [5, 5.41) is 9.67. The lowest BCUT2D eigenvalue weighted by molar-refractivity contribution is 0.0505. The lowest BCUT2D eigenvalue weighted by Gasteiger charge is -2.05. The molecule has 2 N–H and O–H groups in total. The first-order chi connectivity index (χ1) is 11.5. The van der Waals surface area contributed by atoms with Gasteiger partial charge in [-0.3, -0.25) is 9.89 Å². The van der Waals surface area contributed by atoms with Gasteiger partial charge in [-0.15, -0.1) is 0 Å². The number of anilines is 1. The highest BCUT2D eigenvalue weighted by Crippen LogP contribution is 2.13. The van der Waals surface area contributed by atoms with Crippen molar-refractivity contribution in [2.24, 2.45) is 5.92 Å². The van der Waals surface area contributed by atoms with E-state index in [0.717, 1.165) is 18.5 Å². The minimum Gasteiger partial charge on any atom is -0.462 e. The minimum absolute atomic E-state index is 0.289. The zero-order valence-electron chi connectivity index (χ0n) is 14.3. The van der Waals surface area contributed by atoms with Crippen molar-refractivity contribution in [3.05, 3.63) is 47.3 Å². The number of aromatic amines is 1. The first-order valence-corrected chi connectivity index (χ1v) is 8.12. The van der Waals surface area contributed by atoms with Gasteiger partial charge < -0.3 is 10.1 Å². The van der Waals surface area contributed by atoms with Crippen LogP contribution in [0.5, 0.6) is 0 Å². The predicted octanol–water partition coefficient (Wildman–Crippen LogP) is 3.43. The van der Waals surface area contributed by atoms with E-state index in [2.05, 4.69) is 29.4 Å². The lowest BCUT2D eigenvalue weighted by atomic mass is 10.1. The largest absolute Gasteiger partial charge is 0.462 e. The molecule has 0 aliphatic heterocycles. The molecule has 0 saturated carbocycles. The fourth-order valence-electron chi connectivity index (χ4n) is 2.19. The maximum absolute atomic E-state index is 12.2. The quantitative estimate of drug-likeness (QED) is 0.762. The number of carbonyl (C=O) groups is 2. The maximum Gasteiger partial charge on any atom is 0.338 e. The number of carbonyl (C=O) groups excluding carboxylic acids is 2. The molecule has 6 nitrogen and oxygen atoms in total. The van der Waals surface area contributed by atoms with Crippen molar-refractivity contribution >= 4 is 17.6 Å². The molecule has 1 aromatic heterocycles. The third-order valence-electron chi connectivity index (χ3n) is 3.31. The van der Waals surface area contributed by atoms with Crippen LogP contribution < -0.4 is 5.32 Å². The van der Waals surface area contributed by atoms with Crippen LogP contribution in [-0.4, -0.2) is 28.7 Å². The molecular formula is C18H23N3O3. The number of amides is 1. The zero-order valence-corrected chi connectivity index (χ0v) is 14.3. The summed E-state index contributed by atoms with van der Waals surface area (Å²) in [4.78, 5) is 23.9. The molecule has 0 fully saturated rings. The van der Waals surface area contributed by atoms with Crippen LogP contribution >= 0.6 is 0 Å². The summed E-state index contributed by atoms with van der Waals surface area (Å²) in [6.45, 7) is 6.55. The molecule has 0 unspecified atom stereocenters. The van der Waals surface area contributed by atoms with Crippen molar-refractivity contribution in [2.75, 3.05) is 11.9 Å². The number of nitrogens with one attached hydrogen (secondary N) is 2. The highest BCUT2D eigenvalue weighted by atomic mass is 16.5. The van der Waals surface area contributed by atoms with Gasteiger partial charge in [0.2, 0.25) is 0 Å². The van der Waals surface area contributed by atoms with Crippen LogP contribution in [0.2, 0.25) is 0 Å². The Morgan fingerprint density at radius 3 is 2.58 bits per heavy atom. The average Bonchev–Trinajstić information content (AvgIpc) is 3.01. The van der Waals surface area contributed by atoms with E-state index in [1.54, 1.807) is 30.3 Å². The molecule has 0 aliphatic carbocycles. The van der Waals surface area contributed by atoms with Gasteiger partial charge in [0.1, 0.15) is 0 Å². The van der Waals surface area contributed by atoms with Crippen LogP contribution in [0, 0.1) is 5.92 Å². The molecule has 6 heteroatoms. The number of benzene rings is 1. The van der Waals surface area contributed by atoms with Crippen molar-refractivity contribution in [3.8, 4) is 0 Å². The molecule has 0 aliphatic rings. The first kappa shape index (κ1) is 17.7. The Bertz CT molecular complexity index is 690. The van der Waals surface area contributed by atoms with Crippen LogP contribution in [0.3, 0.4) is 0 Å². The van der Waals surface area contributed by atoms with Crippen molar-refractivity contribution in [2.45, 2.75) is 33.6 Å². The highest BCUT2D eigenvalue weighted by Gasteiger charge is 2.12. The van der Waals surface area contributed by atoms with E-state index in [-0.39, 0.29) is 11.9 Å². The van der Waals surface area contributed by atoms with Gasteiger partial charge in [0, 0.05) is 11.4 Å². The Labute approximate surface area is 141 Å². The second-order valence-corrected chi connectivity index (χ2v) is 6.04. The van der Waals surface area contributed by atoms with Crippen LogP contribution in [0.4, 0.5) is 5.69 Å². The van der Waals surface area contributed by atoms with Crippen LogP contribution in [0.25, 0.3) is 0 Å². The molecule has 0 radical (unpaired) electrons. The zero-order chi connectivity index (χ0) is 17.5. The lowest BCUT2D eigenvalue weighted by Crippen LogP contribution is -2.12. The Morgan fingerprint density at radius 2 is 1.96 bits per heavy atom. The molecule has 1 aromatic carbocycles. The van der Waals surface area contributed by atoms with Gasteiger partial charge >= 0.3 is 5.97 Å². The van der Waals surface area contributed by atoms with Crippen LogP contribution in [0.15, 0.2) is 30.3 Å². The molecule has 2 rings (SSSR count). The number of hydrogen-bond acceptors (Lipinski definition) is 4. The van der Waals surface area contributed by atoms with Crippen LogP contribution in [0.1, 0.15) is 53.7 Å². The van der Waals surface area contributed by atoms with Gasteiger partial charge in [-0.05, 0) is 49.1 Å². The van der Waals surface area contributed by atoms with E-state index in [1.165, 1.54) is 0 Å². The summed E-state index contributed by atoms with van der Waals surface area (Å²) >= 11 is 0. The smallest absolute Gasteiger partial charge is 0.338 e. The number of ether oxygens (including phenoxy) is 1. The molecule has 0 spiro atoms. The van der Waals surface area contributed by atoms with E-state index < -0.39 is 0 Å². The predicted molar refractivity (Wildman–Crippen MR) is 92.1 cm³/mol. The summed E-state index contributed by atoms with van der Waals surface area (Å²) in [5.74, 6) is -0.163. The molecule has 0 atom stereocenters. The monoisotopic (exact) mass is 329 g/mol. The van der Waals surface area contributed by atoms with Gasteiger partial charge in [-0.1, -0.05) is 20.8 Å². The normalized spacial score (nSPS) is 10.7. The standard InChI is InChI=1S/C18H23N3O3/c1-4-9-24-18(23)13-5-7-14(8-6-13)19-17(22)16-11-15(20-21-16)10-12(2)3/h5-8,11-12H,4,9-10H2,1-3H3,(H,19,22)(H,20,21). The van der Waals surface area contributed by atoms with Crippen molar-refractivity contribution in [3.63, 3.8) is 0 Å². The van der Waals surface area contributed by atoms with E-state index in [4.69, 9.17) is 4.74 Å². The maximum atomic E-state index is 12.2. The topological polar surface area (TPSA) is 84.1 Å². The molecule has 0 saturated heterocycles. The SMILES string of the molecule is CCCOC(=O)c1ccc(NC(=O)c2cc(CC(C)C)[nH]n2)cc1. The van der Waals surface area contributed by atoms with Gasteiger partial charge in [-0.25, -0.2) is 4.79 Å². The third-order valence-corrected chi connectivity index (χ3v) is 3.31. The average molecular weight is 329 g/mol. The second-order valence-electron chi connectivity index (χ2n) is 6.04. The van der Waals surface area contributed by atoms with Crippen molar-refractivity contribution < 1.29 is 14.3 Å². The summed E-state index contributed by atoms with van der Waals surface area (Å²) in [6, 6.07) is 8.35. The molecule has 1 amide bonds. The summed E-state index contributed by atoms with van der Waals surface area (Å²) in [7, 11) is 0. The van der Waals surface area contributed by atoms with Gasteiger partial charge in [0.05, 0.1) is 12.2 Å². The van der Waals surface area contributed by atoms with Gasteiger partial charge in [-0.2, -0.15) is 5.10 Å². The first-order valence-electron chi connectivity index (χ1n) is 8.12. The van der Waals surface area contributed by atoms with E-state index in [9.17, 15) is 9.59 Å². The molecule has 24 heavy (non-hydrogen) atoms. The van der Waals surface area contributed by atoms with E-state index in [0.29, 0.717) is 29.5 Å². The molecule has 0 bridgehead atoms. The second kappa shape index (κ2) is 8.29. The summed E-state index contributed by atoms with van der Waals surface area (Å²) in [5.41, 5.74) is 2.34. The van der Waals surface area contributed by atoms with Gasteiger partial charge in [0.25, 0.3) is 5.91 Å². The summed E-state index contributed by atoms with van der Waals surface area (Å²) < 4.78 is 5.06. The number of hydrogen-bond donors (Lipinski definition) is 2. The number of H-pyrrole nitrogens is 1. The van der Waals surface area contributed by atoms with Crippen molar-refractivity contribution in [1.29, 1.82) is 0 Å². The fraction of sp³-hybridized carbons (Fsp3) is 0.389. The molecule has 1 heterocycles. The number of esters is 1. The van der Waals surface area contributed by atoms with E-state index in [1.807, 2.05) is 6.92 Å². The van der Waals surface area contributed by atoms with E-state index >= 15 is 0 Å². The fourth-order valence-corrected chi connectivity index (χ4v) is 2.19. The van der Waals surface area contributed by atoms with Crippen LogP contribution in [-0.2, 0) is 11.2 Å². The minimum atomic E-state index is -0.361. The third kappa shape index (κ3) is 4.94. The Morgan fingerprint density at radius 1 is 1.25 bits per heavy atom.